The summed E-state index contributed by atoms with van der Waals surface area (Å²) in [6.07, 6.45) is 2.84. The van der Waals surface area contributed by atoms with Crippen LogP contribution >= 0.6 is 0 Å². The highest BCUT2D eigenvalue weighted by atomic mass is 19.1. The molecule has 1 unspecified atom stereocenters. The summed E-state index contributed by atoms with van der Waals surface area (Å²) in [6, 6.07) is 0.719. The van der Waals surface area contributed by atoms with Gasteiger partial charge >= 0.3 is 0 Å². The lowest BCUT2D eigenvalue weighted by molar-refractivity contribution is -0.117. The molecule has 2 heterocycles. The minimum atomic E-state index is -0.821. The molecule has 0 saturated carbocycles. The zero-order valence-electron chi connectivity index (χ0n) is 8.49. The molecule has 1 aromatic rings. The van der Waals surface area contributed by atoms with Crippen LogP contribution in [0.25, 0.3) is 0 Å². The number of pyridine rings is 1. The van der Waals surface area contributed by atoms with Crippen molar-refractivity contribution >= 4 is 11.7 Å². The zero-order chi connectivity index (χ0) is 11.7. The van der Waals surface area contributed by atoms with Crippen LogP contribution in [0.2, 0.25) is 0 Å². The molecule has 1 saturated heterocycles. The summed E-state index contributed by atoms with van der Waals surface area (Å²) in [4.78, 5) is 16.4. The summed E-state index contributed by atoms with van der Waals surface area (Å²) in [5.74, 6) is -1.91. The van der Waals surface area contributed by atoms with E-state index in [1.807, 2.05) is 0 Å². The van der Waals surface area contributed by atoms with Crippen molar-refractivity contribution in [1.82, 2.24) is 4.98 Å². The summed E-state index contributed by atoms with van der Waals surface area (Å²) in [5, 5.41) is 0. The van der Waals surface area contributed by atoms with E-state index < -0.39 is 11.6 Å². The van der Waals surface area contributed by atoms with E-state index in [2.05, 4.69) is 11.6 Å². The van der Waals surface area contributed by atoms with Gasteiger partial charge in [-0.2, -0.15) is 0 Å². The second kappa shape index (κ2) is 4.00. The van der Waals surface area contributed by atoms with E-state index in [0.717, 1.165) is 12.3 Å². The molecule has 5 heteroatoms. The van der Waals surface area contributed by atoms with Gasteiger partial charge in [-0.3, -0.25) is 9.69 Å². The van der Waals surface area contributed by atoms with E-state index in [-0.39, 0.29) is 17.6 Å². The quantitative estimate of drug-likeness (QED) is 0.719. The van der Waals surface area contributed by atoms with Crippen LogP contribution < -0.4 is 4.90 Å². The van der Waals surface area contributed by atoms with E-state index in [0.29, 0.717) is 13.0 Å². The molecule has 0 N–H and O–H groups in total. The lowest BCUT2D eigenvalue weighted by Crippen LogP contribution is -2.26. The Bertz CT molecular complexity index is 448. The predicted molar refractivity (Wildman–Crippen MR) is 54.8 cm³/mol. The molecule has 0 spiro atoms. The largest absolute Gasteiger partial charge is 0.294 e. The summed E-state index contributed by atoms with van der Waals surface area (Å²) < 4.78 is 26.0. The molecular weight excluding hydrogens is 214 g/mol. The van der Waals surface area contributed by atoms with Crippen LogP contribution in [0.5, 0.6) is 0 Å². The number of amides is 1. The minimum absolute atomic E-state index is 0.00115. The van der Waals surface area contributed by atoms with Crippen molar-refractivity contribution in [2.45, 2.75) is 6.42 Å². The highest BCUT2D eigenvalue weighted by Gasteiger charge is 2.31. The van der Waals surface area contributed by atoms with Crippen molar-refractivity contribution in [3.05, 3.63) is 36.6 Å². The number of rotatable bonds is 2. The summed E-state index contributed by atoms with van der Waals surface area (Å²) in [6.45, 7) is 3.93. The first-order valence-electron chi connectivity index (χ1n) is 4.85. The van der Waals surface area contributed by atoms with Crippen LogP contribution in [0.3, 0.4) is 0 Å². The molecule has 84 valence electrons. The Morgan fingerprint density at radius 2 is 2.31 bits per heavy atom. The number of halogens is 2. The van der Waals surface area contributed by atoms with Crippen LogP contribution in [0.4, 0.5) is 14.6 Å². The fourth-order valence-corrected chi connectivity index (χ4v) is 1.70. The maximum absolute atomic E-state index is 13.4. The van der Waals surface area contributed by atoms with Crippen LogP contribution in [-0.2, 0) is 4.79 Å². The molecule has 1 amide bonds. The Morgan fingerprint density at radius 1 is 1.56 bits per heavy atom. The smallest absolute Gasteiger partial charge is 0.228 e. The lowest BCUT2D eigenvalue weighted by Gasteiger charge is -2.15. The topological polar surface area (TPSA) is 33.2 Å². The Labute approximate surface area is 91.4 Å². The third-order valence-electron chi connectivity index (χ3n) is 2.53. The van der Waals surface area contributed by atoms with Gasteiger partial charge < -0.3 is 0 Å². The Kier molecular flexibility index (Phi) is 2.68. The molecule has 0 aromatic carbocycles. The van der Waals surface area contributed by atoms with E-state index in [9.17, 15) is 13.6 Å². The molecular formula is C11H10F2N2O. The molecule has 0 aliphatic carbocycles. The van der Waals surface area contributed by atoms with Crippen LogP contribution in [0.15, 0.2) is 24.9 Å². The first kappa shape index (κ1) is 10.7. The van der Waals surface area contributed by atoms with Crippen molar-refractivity contribution in [1.29, 1.82) is 0 Å². The van der Waals surface area contributed by atoms with Gasteiger partial charge in [0.2, 0.25) is 5.91 Å². The standard InChI is InChI=1S/C11H10F2N2O/c1-2-7-3-10(16)15(6-7)11-9(13)4-8(12)5-14-11/h2,4-5,7H,1,3,6H2. The molecule has 2 rings (SSSR count). The molecule has 1 aromatic heterocycles. The number of anilines is 1. The predicted octanol–water partition coefficient (Wildman–Crippen LogP) is 1.90. The fraction of sp³-hybridized carbons (Fsp3) is 0.273. The number of hydrogen-bond acceptors (Lipinski definition) is 2. The maximum Gasteiger partial charge on any atom is 0.228 e. The number of carbonyl (C=O) groups excluding carboxylic acids is 1. The lowest BCUT2D eigenvalue weighted by atomic mass is 10.1. The molecule has 1 aliphatic rings. The van der Waals surface area contributed by atoms with Gasteiger partial charge in [-0.25, -0.2) is 13.8 Å². The minimum Gasteiger partial charge on any atom is -0.294 e. The molecule has 16 heavy (non-hydrogen) atoms. The van der Waals surface area contributed by atoms with Crippen LogP contribution in [0.1, 0.15) is 6.42 Å². The monoisotopic (exact) mass is 224 g/mol. The zero-order valence-corrected chi connectivity index (χ0v) is 8.49. The molecule has 1 fully saturated rings. The van der Waals surface area contributed by atoms with Crippen LogP contribution in [0, 0.1) is 17.6 Å². The van der Waals surface area contributed by atoms with Gasteiger partial charge in [-0.1, -0.05) is 6.08 Å². The first-order valence-corrected chi connectivity index (χ1v) is 4.85. The fourth-order valence-electron chi connectivity index (χ4n) is 1.70. The van der Waals surface area contributed by atoms with Crippen molar-refractivity contribution in [3.63, 3.8) is 0 Å². The van der Waals surface area contributed by atoms with E-state index >= 15 is 0 Å². The highest BCUT2D eigenvalue weighted by molar-refractivity contribution is 5.95. The molecule has 1 atom stereocenters. The van der Waals surface area contributed by atoms with Crippen molar-refractivity contribution in [3.8, 4) is 0 Å². The summed E-state index contributed by atoms with van der Waals surface area (Å²) in [7, 11) is 0. The summed E-state index contributed by atoms with van der Waals surface area (Å²) in [5.41, 5.74) is 0. The highest BCUT2D eigenvalue weighted by Crippen LogP contribution is 2.26. The Balaban J connectivity index is 2.31. The number of hydrogen-bond donors (Lipinski definition) is 0. The molecule has 0 bridgehead atoms. The van der Waals surface area contributed by atoms with Crippen molar-refractivity contribution in [2.24, 2.45) is 5.92 Å². The number of aromatic nitrogens is 1. The van der Waals surface area contributed by atoms with Gasteiger partial charge in [-0.05, 0) is 0 Å². The molecule has 1 aliphatic heterocycles. The van der Waals surface area contributed by atoms with Gasteiger partial charge in [0.05, 0.1) is 6.20 Å². The second-order valence-corrected chi connectivity index (χ2v) is 3.66. The van der Waals surface area contributed by atoms with E-state index in [1.54, 1.807) is 6.08 Å². The van der Waals surface area contributed by atoms with Gasteiger partial charge in [0.1, 0.15) is 5.82 Å². The third-order valence-corrected chi connectivity index (χ3v) is 2.53. The number of carbonyl (C=O) groups is 1. The first-order chi connectivity index (χ1) is 7.61. The SMILES string of the molecule is C=CC1CC(=O)N(c2ncc(F)cc2F)C1. The average Bonchev–Trinajstić information content (AvgIpc) is 2.60. The van der Waals surface area contributed by atoms with Gasteiger partial charge in [0.25, 0.3) is 0 Å². The number of nitrogens with zero attached hydrogens (tertiary/aromatic N) is 2. The van der Waals surface area contributed by atoms with Crippen LogP contribution in [-0.4, -0.2) is 17.4 Å². The second-order valence-electron chi connectivity index (χ2n) is 3.66. The molecule has 3 nitrogen and oxygen atoms in total. The summed E-state index contributed by atoms with van der Waals surface area (Å²) >= 11 is 0. The Hall–Kier alpha value is -1.78. The van der Waals surface area contributed by atoms with Gasteiger partial charge in [-0.15, -0.1) is 6.58 Å². The normalized spacial score (nSPS) is 20.2. The third kappa shape index (κ3) is 1.80. The van der Waals surface area contributed by atoms with Gasteiger partial charge in [0, 0.05) is 24.9 Å². The van der Waals surface area contributed by atoms with Crippen molar-refractivity contribution in [2.75, 3.05) is 11.4 Å². The van der Waals surface area contributed by atoms with Gasteiger partial charge in [0.15, 0.2) is 11.6 Å². The molecule has 0 radical (unpaired) electrons. The maximum atomic E-state index is 13.4. The van der Waals surface area contributed by atoms with E-state index in [1.165, 1.54) is 4.90 Å². The average molecular weight is 224 g/mol. The van der Waals surface area contributed by atoms with Crippen molar-refractivity contribution < 1.29 is 13.6 Å². The van der Waals surface area contributed by atoms with E-state index in [4.69, 9.17) is 0 Å². The Morgan fingerprint density at radius 3 is 2.88 bits per heavy atom.